The summed E-state index contributed by atoms with van der Waals surface area (Å²) in [7, 11) is 0. The molecule has 0 aliphatic carbocycles. The van der Waals surface area contributed by atoms with Gasteiger partial charge in [0.15, 0.2) is 0 Å². The van der Waals surface area contributed by atoms with Crippen molar-refractivity contribution in [2.75, 3.05) is 6.54 Å². The van der Waals surface area contributed by atoms with Gasteiger partial charge >= 0.3 is 5.97 Å². The largest absolute Gasteiger partial charge is 0.481 e. The van der Waals surface area contributed by atoms with Crippen molar-refractivity contribution in [2.45, 2.75) is 13.3 Å². The van der Waals surface area contributed by atoms with Crippen molar-refractivity contribution in [1.29, 1.82) is 0 Å². The Labute approximate surface area is 60.6 Å². The zero-order chi connectivity index (χ0) is 6.57. The minimum absolute atomic E-state index is 0. The third kappa shape index (κ3) is 7.72. The van der Waals surface area contributed by atoms with E-state index in [0.717, 1.165) is 0 Å². The first-order valence-electron chi connectivity index (χ1n) is 2.58. The summed E-state index contributed by atoms with van der Waals surface area (Å²) in [5, 5.41) is 8.16. The maximum absolute atomic E-state index is 9.91. The van der Waals surface area contributed by atoms with Gasteiger partial charge in [-0.05, 0) is 12.5 Å². The van der Waals surface area contributed by atoms with E-state index in [0.29, 0.717) is 6.54 Å². The van der Waals surface area contributed by atoms with Crippen LogP contribution in [0.1, 0.15) is 13.3 Å². The highest BCUT2D eigenvalue weighted by Crippen LogP contribution is 1.96. The van der Waals surface area contributed by atoms with E-state index in [1.807, 2.05) is 6.92 Å². The Balaban J connectivity index is 0. The van der Waals surface area contributed by atoms with Crippen molar-refractivity contribution >= 4 is 18.4 Å². The molecule has 0 aromatic heterocycles. The highest BCUT2D eigenvalue weighted by Gasteiger charge is 2.03. The lowest BCUT2D eigenvalue weighted by molar-refractivity contribution is -0.137. The lowest BCUT2D eigenvalue weighted by atomic mass is 10.1. The fraction of sp³-hybridized carbons (Fsp3) is 0.800. The number of nitrogens with two attached hydrogens (primary N) is 1. The zero-order valence-corrected chi connectivity index (χ0v) is 6.15. The van der Waals surface area contributed by atoms with Gasteiger partial charge in [0.25, 0.3) is 0 Å². The van der Waals surface area contributed by atoms with Crippen molar-refractivity contribution in [3.8, 4) is 0 Å². The minimum Gasteiger partial charge on any atom is -0.481 e. The number of carboxylic acid groups (broad SMARTS) is 1. The number of carbonyl (C=O) groups is 1. The van der Waals surface area contributed by atoms with Gasteiger partial charge in [-0.15, -0.1) is 12.4 Å². The van der Waals surface area contributed by atoms with Crippen molar-refractivity contribution in [3.05, 3.63) is 0 Å². The first-order valence-corrected chi connectivity index (χ1v) is 2.58. The molecule has 0 radical (unpaired) electrons. The number of aliphatic carboxylic acids is 1. The third-order valence-electron chi connectivity index (χ3n) is 0.925. The van der Waals surface area contributed by atoms with E-state index >= 15 is 0 Å². The molecule has 0 bridgehead atoms. The highest BCUT2D eigenvalue weighted by molar-refractivity contribution is 5.85. The summed E-state index contributed by atoms with van der Waals surface area (Å²) in [4.78, 5) is 9.91. The molecule has 0 spiro atoms. The van der Waals surface area contributed by atoms with Gasteiger partial charge in [0.1, 0.15) is 0 Å². The van der Waals surface area contributed by atoms with E-state index in [4.69, 9.17) is 10.8 Å². The van der Waals surface area contributed by atoms with Crippen molar-refractivity contribution < 1.29 is 9.90 Å². The second-order valence-electron chi connectivity index (χ2n) is 1.94. The predicted molar refractivity (Wildman–Crippen MR) is 37.7 cm³/mol. The first kappa shape index (κ1) is 11.5. The number of carboxylic acids is 1. The lowest BCUT2D eigenvalue weighted by Gasteiger charge is -2.00. The molecular weight excluding hydrogens is 142 g/mol. The van der Waals surface area contributed by atoms with Gasteiger partial charge in [0.05, 0.1) is 0 Å². The van der Waals surface area contributed by atoms with Crippen LogP contribution in [0.4, 0.5) is 0 Å². The van der Waals surface area contributed by atoms with Crippen LogP contribution in [0.5, 0.6) is 0 Å². The minimum atomic E-state index is -0.775. The van der Waals surface area contributed by atoms with Crippen LogP contribution < -0.4 is 5.73 Å². The Morgan fingerprint density at radius 2 is 2.22 bits per heavy atom. The smallest absolute Gasteiger partial charge is 0.303 e. The molecular formula is C5H12ClNO2. The second kappa shape index (κ2) is 5.85. The monoisotopic (exact) mass is 153 g/mol. The van der Waals surface area contributed by atoms with Crippen LogP contribution in [0.25, 0.3) is 0 Å². The van der Waals surface area contributed by atoms with Crippen LogP contribution in [0.3, 0.4) is 0 Å². The molecule has 0 amide bonds. The fourth-order valence-electron chi connectivity index (χ4n) is 0.381. The van der Waals surface area contributed by atoms with Crippen LogP contribution in [0.2, 0.25) is 0 Å². The van der Waals surface area contributed by atoms with Gasteiger partial charge in [0, 0.05) is 6.42 Å². The van der Waals surface area contributed by atoms with Crippen LogP contribution in [-0.2, 0) is 4.79 Å². The Hall–Kier alpha value is -0.280. The summed E-state index contributed by atoms with van der Waals surface area (Å²) in [6.07, 6.45) is 0.177. The van der Waals surface area contributed by atoms with Gasteiger partial charge in [-0.3, -0.25) is 4.79 Å². The van der Waals surface area contributed by atoms with E-state index in [2.05, 4.69) is 0 Å². The highest BCUT2D eigenvalue weighted by atomic mass is 35.5. The second-order valence-corrected chi connectivity index (χ2v) is 1.94. The fourth-order valence-corrected chi connectivity index (χ4v) is 0.381. The summed E-state index contributed by atoms with van der Waals surface area (Å²) in [5.41, 5.74) is 5.16. The molecule has 0 aliphatic heterocycles. The van der Waals surface area contributed by atoms with Crippen LogP contribution >= 0.6 is 12.4 Å². The maximum atomic E-state index is 9.91. The van der Waals surface area contributed by atoms with Gasteiger partial charge in [0.2, 0.25) is 0 Å². The normalized spacial score (nSPS) is 11.8. The first-order chi connectivity index (χ1) is 3.66. The van der Waals surface area contributed by atoms with E-state index < -0.39 is 5.97 Å². The topological polar surface area (TPSA) is 63.3 Å². The van der Waals surface area contributed by atoms with Crippen LogP contribution in [0, 0.1) is 5.92 Å². The van der Waals surface area contributed by atoms with Gasteiger partial charge in [-0.2, -0.15) is 0 Å². The van der Waals surface area contributed by atoms with Crippen molar-refractivity contribution in [2.24, 2.45) is 11.7 Å². The molecule has 9 heavy (non-hydrogen) atoms. The molecule has 0 rings (SSSR count). The average molecular weight is 154 g/mol. The van der Waals surface area contributed by atoms with E-state index in [9.17, 15) is 4.79 Å². The summed E-state index contributed by atoms with van der Waals surface area (Å²) in [6, 6.07) is 0. The SMILES string of the molecule is CC(CN)CC(=O)O.Cl. The zero-order valence-electron chi connectivity index (χ0n) is 5.33. The van der Waals surface area contributed by atoms with Gasteiger partial charge < -0.3 is 10.8 Å². The molecule has 0 heterocycles. The molecule has 1 atom stereocenters. The number of hydrogen-bond donors (Lipinski definition) is 2. The summed E-state index contributed by atoms with van der Waals surface area (Å²) < 4.78 is 0. The molecule has 0 saturated heterocycles. The standard InChI is InChI=1S/C5H11NO2.ClH/c1-4(3-6)2-5(7)8;/h4H,2-3,6H2,1H3,(H,7,8);1H. The van der Waals surface area contributed by atoms with E-state index in [-0.39, 0.29) is 24.7 Å². The Bertz CT molecular complexity index is 87.0. The number of hydrogen-bond acceptors (Lipinski definition) is 2. The summed E-state index contributed by atoms with van der Waals surface area (Å²) in [5.74, 6) is -0.671. The molecule has 3 nitrogen and oxygen atoms in total. The van der Waals surface area contributed by atoms with Crippen LogP contribution in [-0.4, -0.2) is 17.6 Å². The predicted octanol–water partition coefficient (Wildman–Crippen LogP) is 0.478. The molecule has 3 N–H and O–H groups in total. The van der Waals surface area contributed by atoms with Crippen LogP contribution in [0.15, 0.2) is 0 Å². The third-order valence-corrected chi connectivity index (χ3v) is 0.925. The van der Waals surface area contributed by atoms with Crippen molar-refractivity contribution in [3.63, 3.8) is 0 Å². The molecule has 56 valence electrons. The molecule has 0 aromatic carbocycles. The van der Waals surface area contributed by atoms with Crippen molar-refractivity contribution in [1.82, 2.24) is 0 Å². The molecule has 0 saturated carbocycles. The average Bonchev–Trinajstić information content (AvgIpc) is 1.65. The summed E-state index contributed by atoms with van der Waals surface area (Å²) in [6.45, 7) is 2.26. The number of halogens is 1. The molecule has 4 heteroatoms. The van der Waals surface area contributed by atoms with E-state index in [1.165, 1.54) is 0 Å². The molecule has 0 aliphatic rings. The quantitative estimate of drug-likeness (QED) is 0.620. The van der Waals surface area contributed by atoms with E-state index in [1.54, 1.807) is 0 Å². The van der Waals surface area contributed by atoms with Gasteiger partial charge in [-0.1, -0.05) is 6.92 Å². The lowest BCUT2D eigenvalue weighted by Crippen LogP contribution is -2.14. The molecule has 0 aromatic rings. The maximum Gasteiger partial charge on any atom is 0.303 e. The molecule has 1 unspecified atom stereocenters. The number of rotatable bonds is 3. The Morgan fingerprint density at radius 1 is 1.78 bits per heavy atom. The molecule has 0 fully saturated rings. The Morgan fingerprint density at radius 3 is 2.33 bits per heavy atom. The Kier molecular flexibility index (Phi) is 7.48. The van der Waals surface area contributed by atoms with Gasteiger partial charge in [-0.25, -0.2) is 0 Å². The summed E-state index contributed by atoms with van der Waals surface area (Å²) >= 11 is 0.